The molecule has 2 amide bonds. The summed E-state index contributed by atoms with van der Waals surface area (Å²) in [7, 11) is 3.07. The van der Waals surface area contributed by atoms with Crippen molar-refractivity contribution in [2.75, 3.05) is 19.1 Å². The molecule has 3 aromatic rings. The second-order valence-electron chi connectivity index (χ2n) is 7.98. The van der Waals surface area contributed by atoms with Gasteiger partial charge in [0.2, 0.25) is 0 Å². The van der Waals surface area contributed by atoms with E-state index in [1.54, 1.807) is 55.0 Å². The summed E-state index contributed by atoms with van der Waals surface area (Å²) in [5.74, 6) is 0.379. The number of aromatic nitrogens is 1. The maximum atomic E-state index is 13.7. The number of halogens is 1. The van der Waals surface area contributed by atoms with Crippen LogP contribution in [0.5, 0.6) is 11.5 Å². The summed E-state index contributed by atoms with van der Waals surface area (Å²) >= 11 is 7.55. The zero-order valence-electron chi connectivity index (χ0n) is 19.0. The molecule has 4 rings (SSSR count). The first-order valence-corrected chi connectivity index (χ1v) is 12.3. The standard InChI is InChI=1S/C25H26ClN3O4S/c1-32-17-12-13-21(22(14-17)33-2)29(24(31)18-10-6-7-11-19(18)26)25-28-20(15-34-25)23(30)27-16-8-4-3-5-9-16/h6-7,10-16H,3-5,8-9H2,1-2H3,(H,27,30). The van der Waals surface area contributed by atoms with Crippen LogP contribution in [0.1, 0.15) is 53.0 Å². The molecule has 1 N–H and O–H groups in total. The molecule has 7 nitrogen and oxygen atoms in total. The molecule has 1 heterocycles. The number of nitrogens with zero attached hydrogens (tertiary/aromatic N) is 2. The molecule has 0 aliphatic heterocycles. The zero-order chi connectivity index (χ0) is 24.1. The lowest BCUT2D eigenvalue weighted by Gasteiger charge is -2.23. The lowest BCUT2D eigenvalue weighted by atomic mass is 9.95. The van der Waals surface area contributed by atoms with E-state index < -0.39 is 0 Å². The van der Waals surface area contributed by atoms with Gasteiger partial charge >= 0.3 is 0 Å². The first kappa shape index (κ1) is 24.0. The molecule has 2 aromatic carbocycles. The third-order valence-electron chi connectivity index (χ3n) is 5.79. The topological polar surface area (TPSA) is 80.8 Å². The number of hydrogen-bond acceptors (Lipinski definition) is 6. The van der Waals surface area contributed by atoms with Crippen LogP contribution in [0.25, 0.3) is 0 Å². The van der Waals surface area contributed by atoms with Crippen LogP contribution < -0.4 is 19.7 Å². The number of nitrogens with one attached hydrogen (secondary N) is 1. The number of thiazole rings is 1. The Bertz CT molecular complexity index is 1180. The van der Waals surface area contributed by atoms with E-state index in [9.17, 15) is 9.59 Å². The minimum atomic E-state index is -0.386. The lowest BCUT2D eigenvalue weighted by molar-refractivity contribution is 0.0921. The SMILES string of the molecule is COc1ccc(N(C(=O)c2ccccc2Cl)c2nc(C(=O)NC3CCCCC3)cs2)c(OC)c1. The molecule has 1 aliphatic carbocycles. The minimum absolute atomic E-state index is 0.161. The highest BCUT2D eigenvalue weighted by Gasteiger charge is 2.28. The molecule has 0 unspecified atom stereocenters. The number of rotatable bonds is 7. The van der Waals surface area contributed by atoms with E-state index >= 15 is 0 Å². The van der Waals surface area contributed by atoms with Crippen LogP contribution in [0.4, 0.5) is 10.8 Å². The monoisotopic (exact) mass is 499 g/mol. The van der Waals surface area contributed by atoms with Crippen molar-refractivity contribution in [3.8, 4) is 11.5 Å². The zero-order valence-corrected chi connectivity index (χ0v) is 20.6. The van der Waals surface area contributed by atoms with E-state index in [4.69, 9.17) is 21.1 Å². The van der Waals surface area contributed by atoms with E-state index in [0.29, 0.717) is 32.9 Å². The fourth-order valence-corrected chi connectivity index (χ4v) is 5.03. The van der Waals surface area contributed by atoms with Gasteiger partial charge in [-0.2, -0.15) is 0 Å². The first-order chi connectivity index (χ1) is 16.5. The molecule has 9 heteroatoms. The third kappa shape index (κ3) is 5.18. The Kier molecular flexibility index (Phi) is 7.70. The summed E-state index contributed by atoms with van der Waals surface area (Å²) in [5.41, 5.74) is 1.04. The Morgan fingerprint density at radius 2 is 1.85 bits per heavy atom. The summed E-state index contributed by atoms with van der Waals surface area (Å²) in [5, 5.41) is 5.39. The van der Waals surface area contributed by atoms with Crippen LogP contribution in [0.2, 0.25) is 5.02 Å². The van der Waals surface area contributed by atoms with Gasteiger partial charge in [0.15, 0.2) is 5.13 Å². The highest BCUT2D eigenvalue weighted by Crippen LogP contribution is 2.39. The predicted octanol–water partition coefficient (Wildman–Crippen LogP) is 5.85. The number of amides is 2. The second kappa shape index (κ2) is 10.9. The summed E-state index contributed by atoms with van der Waals surface area (Å²) in [6, 6.07) is 12.1. The normalized spacial score (nSPS) is 13.9. The van der Waals surface area contributed by atoms with E-state index in [1.807, 2.05) is 0 Å². The van der Waals surface area contributed by atoms with E-state index in [2.05, 4.69) is 10.3 Å². The summed E-state index contributed by atoms with van der Waals surface area (Å²) < 4.78 is 10.9. The van der Waals surface area contributed by atoms with Crippen LogP contribution in [-0.4, -0.2) is 37.1 Å². The van der Waals surface area contributed by atoms with Crippen LogP contribution in [-0.2, 0) is 0 Å². The molecule has 0 spiro atoms. The van der Waals surface area contributed by atoms with Crippen LogP contribution in [0, 0.1) is 0 Å². The van der Waals surface area contributed by atoms with Crippen molar-refractivity contribution in [3.63, 3.8) is 0 Å². The number of hydrogen-bond donors (Lipinski definition) is 1. The van der Waals surface area contributed by atoms with Crippen molar-refractivity contribution in [2.45, 2.75) is 38.1 Å². The Hall–Kier alpha value is -3.10. The molecule has 1 aromatic heterocycles. The molecule has 1 aliphatic rings. The highest BCUT2D eigenvalue weighted by molar-refractivity contribution is 7.14. The van der Waals surface area contributed by atoms with Crippen molar-refractivity contribution < 1.29 is 19.1 Å². The van der Waals surface area contributed by atoms with Crippen LogP contribution in [0.15, 0.2) is 47.8 Å². The van der Waals surface area contributed by atoms with Gasteiger partial charge in [-0.3, -0.25) is 9.59 Å². The fraction of sp³-hybridized carbons (Fsp3) is 0.320. The van der Waals surface area contributed by atoms with Gasteiger partial charge in [-0.15, -0.1) is 11.3 Å². The van der Waals surface area contributed by atoms with Crippen LogP contribution in [0.3, 0.4) is 0 Å². The van der Waals surface area contributed by atoms with Crippen molar-refractivity contribution in [1.82, 2.24) is 10.3 Å². The molecule has 0 radical (unpaired) electrons. The number of anilines is 2. The van der Waals surface area contributed by atoms with E-state index in [-0.39, 0.29) is 23.6 Å². The van der Waals surface area contributed by atoms with Crippen molar-refractivity contribution in [1.29, 1.82) is 0 Å². The Labute approximate surface area is 207 Å². The Morgan fingerprint density at radius 1 is 1.09 bits per heavy atom. The maximum absolute atomic E-state index is 13.7. The first-order valence-electron chi connectivity index (χ1n) is 11.1. The van der Waals surface area contributed by atoms with Crippen molar-refractivity contribution in [3.05, 3.63) is 64.1 Å². The molecule has 0 atom stereocenters. The van der Waals surface area contributed by atoms with E-state index in [1.165, 1.54) is 29.8 Å². The van der Waals surface area contributed by atoms with Gasteiger partial charge < -0.3 is 14.8 Å². The molecule has 0 bridgehead atoms. The number of carbonyl (C=O) groups is 2. The largest absolute Gasteiger partial charge is 0.497 e. The summed E-state index contributed by atoms with van der Waals surface area (Å²) in [4.78, 5) is 32.5. The van der Waals surface area contributed by atoms with Crippen LogP contribution >= 0.6 is 22.9 Å². The number of carbonyl (C=O) groups excluding carboxylic acids is 2. The van der Waals surface area contributed by atoms with Gasteiger partial charge in [-0.1, -0.05) is 43.0 Å². The fourth-order valence-electron chi connectivity index (χ4n) is 4.00. The molecule has 0 saturated heterocycles. The van der Waals surface area contributed by atoms with Gasteiger partial charge in [-0.05, 0) is 37.1 Å². The smallest absolute Gasteiger partial charge is 0.271 e. The van der Waals surface area contributed by atoms with Crippen molar-refractivity contribution >= 4 is 45.6 Å². The average molecular weight is 500 g/mol. The summed E-state index contributed by atoms with van der Waals surface area (Å²) in [6.07, 6.45) is 5.39. The van der Waals surface area contributed by atoms with Gasteiger partial charge in [-0.25, -0.2) is 9.88 Å². The van der Waals surface area contributed by atoms with E-state index in [0.717, 1.165) is 25.7 Å². The molecule has 1 saturated carbocycles. The molecule has 1 fully saturated rings. The molecular formula is C25H26ClN3O4S. The average Bonchev–Trinajstić information content (AvgIpc) is 3.35. The second-order valence-corrected chi connectivity index (χ2v) is 9.23. The Balaban J connectivity index is 1.71. The van der Waals surface area contributed by atoms with Gasteiger partial charge in [0.1, 0.15) is 17.2 Å². The number of ether oxygens (including phenoxy) is 2. The Morgan fingerprint density at radius 3 is 2.56 bits per heavy atom. The third-order valence-corrected chi connectivity index (χ3v) is 6.95. The van der Waals surface area contributed by atoms with Gasteiger partial charge in [0.05, 0.1) is 30.5 Å². The number of benzene rings is 2. The molecule has 34 heavy (non-hydrogen) atoms. The van der Waals surface area contributed by atoms with Gasteiger partial charge in [0.25, 0.3) is 11.8 Å². The quantitative estimate of drug-likeness (QED) is 0.440. The minimum Gasteiger partial charge on any atom is -0.497 e. The predicted molar refractivity (Wildman–Crippen MR) is 134 cm³/mol. The molecule has 178 valence electrons. The molecular weight excluding hydrogens is 474 g/mol. The maximum Gasteiger partial charge on any atom is 0.271 e. The summed E-state index contributed by atoms with van der Waals surface area (Å²) in [6.45, 7) is 0. The van der Waals surface area contributed by atoms with Crippen molar-refractivity contribution in [2.24, 2.45) is 0 Å². The number of methoxy groups -OCH3 is 2. The highest BCUT2D eigenvalue weighted by atomic mass is 35.5. The van der Waals surface area contributed by atoms with Gasteiger partial charge in [0, 0.05) is 17.5 Å². The lowest BCUT2D eigenvalue weighted by Crippen LogP contribution is -2.36.